The van der Waals surface area contributed by atoms with Gasteiger partial charge in [-0.25, -0.2) is 13.2 Å². The minimum absolute atomic E-state index is 0.480. The van der Waals surface area contributed by atoms with E-state index in [0.29, 0.717) is 18.6 Å². The molecule has 0 saturated heterocycles. The summed E-state index contributed by atoms with van der Waals surface area (Å²) in [7, 11) is 0.671. The van der Waals surface area contributed by atoms with Crippen molar-refractivity contribution < 1.29 is 26.4 Å². The zero-order valence-electron chi connectivity index (χ0n) is 14.0. The number of halogens is 3. The predicted molar refractivity (Wildman–Crippen MR) is 84.7 cm³/mol. The summed E-state index contributed by atoms with van der Waals surface area (Å²) in [5.74, 6) is -3.68. The third-order valence-electron chi connectivity index (χ3n) is 3.73. The average Bonchev–Trinajstić information content (AvgIpc) is 2.54. The van der Waals surface area contributed by atoms with Crippen LogP contribution in [-0.4, -0.2) is 29.6 Å². The molecule has 0 radical (unpaired) electrons. The molecule has 0 aromatic heterocycles. The van der Waals surface area contributed by atoms with Crippen molar-refractivity contribution in [1.82, 2.24) is 0 Å². The lowest BCUT2D eigenvalue weighted by Gasteiger charge is -2.25. The first kappa shape index (κ1) is 20.2. The lowest BCUT2D eigenvalue weighted by atomic mass is 10.1. The smallest absolute Gasteiger partial charge is 0.377 e. The van der Waals surface area contributed by atoms with E-state index in [1.165, 1.54) is 0 Å². The van der Waals surface area contributed by atoms with Gasteiger partial charge in [0.05, 0.1) is 0 Å². The van der Waals surface area contributed by atoms with Gasteiger partial charge in [-0.3, -0.25) is 0 Å². The van der Waals surface area contributed by atoms with Crippen LogP contribution in [0.5, 0.6) is 0 Å². The van der Waals surface area contributed by atoms with Crippen molar-refractivity contribution in [2.45, 2.75) is 45.1 Å². The van der Waals surface area contributed by atoms with Gasteiger partial charge in [0.25, 0.3) is 0 Å². The largest absolute Gasteiger partial charge is 0.500 e. The van der Waals surface area contributed by atoms with Gasteiger partial charge in [0.1, 0.15) is 0 Å². The molecule has 0 unspecified atom stereocenters. The second kappa shape index (κ2) is 10.1. The van der Waals surface area contributed by atoms with E-state index in [2.05, 4.69) is 0 Å². The van der Waals surface area contributed by atoms with Crippen LogP contribution in [0.25, 0.3) is 0 Å². The lowest BCUT2D eigenvalue weighted by molar-refractivity contribution is 0.103. The number of hydrogen-bond donors (Lipinski definition) is 0. The molecule has 3 nitrogen and oxygen atoms in total. The summed E-state index contributed by atoms with van der Waals surface area (Å²) in [5, 5.41) is 0. The molecular weight excluding hydrogens is 325 g/mol. The third-order valence-corrected chi connectivity index (χ3v) is 6.67. The van der Waals surface area contributed by atoms with Gasteiger partial charge in [-0.05, 0) is 43.9 Å². The quantitative estimate of drug-likeness (QED) is 0.335. The molecular formula is C16H25F3O3Si. The normalized spacial score (nSPS) is 11.9. The maximum Gasteiger partial charge on any atom is 0.500 e. The summed E-state index contributed by atoms with van der Waals surface area (Å²) in [6.07, 6.45) is 4.07. The van der Waals surface area contributed by atoms with Gasteiger partial charge >= 0.3 is 8.80 Å². The van der Waals surface area contributed by atoms with Crippen molar-refractivity contribution >= 4 is 8.80 Å². The SMILES string of the molecule is CCO[Si](CCCCCCc1cc(F)c(F)c(F)c1)(OC)OC. The Morgan fingerprint density at radius 3 is 2.00 bits per heavy atom. The van der Waals surface area contributed by atoms with Crippen LogP contribution >= 0.6 is 0 Å². The topological polar surface area (TPSA) is 27.7 Å². The van der Waals surface area contributed by atoms with Gasteiger partial charge in [0, 0.05) is 26.9 Å². The third kappa shape index (κ3) is 6.25. The Kier molecular flexibility index (Phi) is 8.83. The van der Waals surface area contributed by atoms with Gasteiger partial charge in [0.15, 0.2) is 17.5 Å². The van der Waals surface area contributed by atoms with Gasteiger partial charge in [-0.2, -0.15) is 0 Å². The first-order valence-corrected chi connectivity index (χ1v) is 9.79. The number of aryl methyl sites for hydroxylation is 1. The van der Waals surface area contributed by atoms with E-state index in [0.717, 1.165) is 43.9 Å². The van der Waals surface area contributed by atoms with Crippen LogP contribution in [0.4, 0.5) is 13.2 Å². The monoisotopic (exact) mass is 350 g/mol. The van der Waals surface area contributed by atoms with Gasteiger partial charge < -0.3 is 13.3 Å². The first-order valence-electron chi connectivity index (χ1n) is 7.85. The van der Waals surface area contributed by atoms with Crippen LogP contribution < -0.4 is 0 Å². The van der Waals surface area contributed by atoms with E-state index in [1.54, 1.807) is 14.2 Å². The maximum atomic E-state index is 13.1. The van der Waals surface area contributed by atoms with Gasteiger partial charge in [-0.1, -0.05) is 12.8 Å². The van der Waals surface area contributed by atoms with Gasteiger partial charge in [0.2, 0.25) is 0 Å². The summed E-state index contributed by atoms with van der Waals surface area (Å²) in [5.41, 5.74) is 0.480. The molecule has 0 aliphatic rings. The van der Waals surface area contributed by atoms with E-state index in [1.807, 2.05) is 6.92 Å². The Labute approximate surface area is 137 Å². The number of unbranched alkanes of at least 4 members (excludes halogenated alkanes) is 3. The summed E-state index contributed by atoms with van der Waals surface area (Å²) < 4.78 is 55.5. The molecule has 23 heavy (non-hydrogen) atoms. The van der Waals surface area contributed by atoms with Crippen molar-refractivity contribution in [3.05, 3.63) is 35.1 Å². The first-order chi connectivity index (χ1) is 11.0. The summed E-state index contributed by atoms with van der Waals surface area (Å²) in [6, 6.07) is 2.86. The second-order valence-electron chi connectivity index (χ2n) is 5.31. The Bertz CT molecular complexity index is 459. The minimum Gasteiger partial charge on any atom is -0.377 e. The Balaban J connectivity index is 2.30. The molecule has 1 aromatic rings. The highest BCUT2D eigenvalue weighted by Gasteiger charge is 2.37. The fraction of sp³-hybridized carbons (Fsp3) is 0.625. The molecule has 0 N–H and O–H groups in total. The van der Waals surface area contributed by atoms with Crippen LogP contribution in [0.2, 0.25) is 6.04 Å². The Morgan fingerprint density at radius 2 is 1.48 bits per heavy atom. The zero-order chi connectivity index (χ0) is 17.3. The molecule has 0 fully saturated rings. The van der Waals surface area contributed by atoms with Crippen LogP contribution in [0.3, 0.4) is 0 Å². The van der Waals surface area contributed by atoms with Crippen molar-refractivity contribution in [1.29, 1.82) is 0 Å². The van der Waals surface area contributed by atoms with Crippen LogP contribution in [-0.2, 0) is 19.7 Å². The molecule has 0 aliphatic heterocycles. The molecule has 0 amide bonds. The van der Waals surface area contributed by atoms with Crippen molar-refractivity contribution in [3.8, 4) is 0 Å². The van der Waals surface area contributed by atoms with Crippen LogP contribution in [0.15, 0.2) is 12.1 Å². The van der Waals surface area contributed by atoms with E-state index in [4.69, 9.17) is 13.3 Å². The van der Waals surface area contributed by atoms with E-state index < -0.39 is 26.3 Å². The molecule has 0 atom stereocenters. The molecule has 0 aliphatic carbocycles. The van der Waals surface area contributed by atoms with E-state index in [9.17, 15) is 13.2 Å². The standard InChI is InChI=1S/C16H25F3O3Si/c1-4-22-23(20-2,21-3)10-8-6-5-7-9-13-11-14(17)16(19)15(18)12-13/h11-12H,4-10H2,1-3H3. The fourth-order valence-electron chi connectivity index (χ4n) is 2.47. The molecule has 0 spiro atoms. The Hall–Kier alpha value is -0.893. The van der Waals surface area contributed by atoms with Crippen LogP contribution in [0.1, 0.15) is 38.2 Å². The van der Waals surface area contributed by atoms with Crippen molar-refractivity contribution in [2.75, 3.05) is 20.8 Å². The van der Waals surface area contributed by atoms with E-state index in [-0.39, 0.29) is 0 Å². The summed E-state index contributed by atoms with van der Waals surface area (Å²) in [6.45, 7) is 2.45. The highest BCUT2D eigenvalue weighted by molar-refractivity contribution is 6.60. The number of hydrogen-bond acceptors (Lipinski definition) is 3. The number of rotatable bonds is 11. The highest BCUT2D eigenvalue weighted by Crippen LogP contribution is 2.20. The summed E-state index contributed by atoms with van der Waals surface area (Å²) in [4.78, 5) is 0. The average molecular weight is 350 g/mol. The van der Waals surface area contributed by atoms with Crippen molar-refractivity contribution in [3.63, 3.8) is 0 Å². The lowest BCUT2D eigenvalue weighted by Crippen LogP contribution is -2.43. The molecule has 7 heteroatoms. The second-order valence-corrected chi connectivity index (χ2v) is 8.28. The number of benzene rings is 1. The van der Waals surface area contributed by atoms with Gasteiger partial charge in [-0.15, -0.1) is 0 Å². The minimum atomic E-state index is -2.53. The molecule has 0 heterocycles. The highest BCUT2D eigenvalue weighted by atomic mass is 28.4. The molecule has 1 aromatic carbocycles. The molecule has 0 bridgehead atoms. The predicted octanol–water partition coefficient (Wildman–Crippen LogP) is 4.48. The molecule has 132 valence electrons. The maximum absolute atomic E-state index is 13.1. The molecule has 0 saturated carbocycles. The molecule has 1 rings (SSSR count). The fourth-order valence-corrected chi connectivity index (χ4v) is 4.55. The zero-order valence-corrected chi connectivity index (χ0v) is 15.0. The van der Waals surface area contributed by atoms with Crippen molar-refractivity contribution in [2.24, 2.45) is 0 Å². The van der Waals surface area contributed by atoms with Crippen LogP contribution in [0, 0.1) is 17.5 Å². The summed E-state index contributed by atoms with van der Waals surface area (Å²) >= 11 is 0. The Morgan fingerprint density at radius 1 is 0.913 bits per heavy atom. The van der Waals surface area contributed by atoms with E-state index >= 15 is 0 Å².